The van der Waals surface area contributed by atoms with Gasteiger partial charge in [-0.1, -0.05) is 23.9 Å². The van der Waals surface area contributed by atoms with Gasteiger partial charge < -0.3 is 10.1 Å². The van der Waals surface area contributed by atoms with E-state index >= 15 is 0 Å². The van der Waals surface area contributed by atoms with Crippen LogP contribution in [-0.2, 0) is 5.75 Å². The summed E-state index contributed by atoms with van der Waals surface area (Å²) in [5.74, 6) is 0.602. The summed E-state index contributed by atoms with van der Waals surface area (Å²) in [6.45, 7) is 1.88. The van der Waals surface area contributed by atoms with Crippen LogP contribution in [0.1, 0.15) is 11.3 Å². The molecule has 6 heteroatoms. The molecule has 0 aliphatic carbocycles. The minimum absolute atomic E-state index is 0.0592. The van der Waals surface area contributed by atoms with E-state index in [2.05, 4.69) is 20.2 Å². The highest BCUT2D eigenvalue weighted by atomic mass is 32.2. The number of para-hydroxylation sites is 2. The van der Waals surface area contributed by atoms with Gasteiger partial charge in [-0.15, -0.1) is 0 Å². The molecule has 3 aromatic rings. The molecule has 0 aliphatic rings. The number of hydrogen-bond donors (Lipinski definition) is 3. The lowest BCUT2D eigenvalue weighted by Crippen LogP contribution is -2.04. The van der Waals surface area contributed by atoms with Gasteiger partial charge in [0.05, 0.1) is 11.0 Å². The Morgan fingerprint density at radius 2 is 2.11 bits per heavy atom. The van der Waals surface area contributed by atoms with E-state index in [1.807, 2.05) is 31.2 Å². The van der Waals surface area contributed by atoms with Crippen LogP contribution in [0.15, 0.2) is 34.2 Å². The summed E-state index contributed by atoms with van der Waals surface area (Å²) in [4.78, 5) is 19.2. The maximum absolute atomic E-state index is 11.5. The number of thioether (sulfide) groups is 1. The zero-order valence-electron chi connectivity index (χ0n) is 9.78. The molecule has 18 heavy (non-hydrogen) atoms. The number of rotatable bonds is 3. The van der Waals surface area contributed by atoms with E-state index in [0.717, 1.165) is 27.4 Å². The molecule has 0 unspecified atom stereocenters. The number of fused-ring (bicyclic) bond motifs is 1. The normalized spacial score (nSPS) is 11.2. The number of aromatic nitrogens is 4. The average molecular weight is 260 g/mol. The van der Waals surface area contributed by atoms with Crippen LogP contribution in [0.2, 0.25) is 0 Å². The number of nitrogens with one attached hydrogen (secondary N) is 3. The SMILES string of the molecule is Cc1[nH][nH]c(=O)c1CSc1nc2ccccc2[nH]1. The van der Waals surface area contributed by atoms with Crippen molar-refractivity contribution in [3.8, 4) is 0 Å². The van der Waals surface area contributed by atoms with Crippen LogP contribution in [0.25, 0.3) is 11.0 Å². The highest BCUT2D eigenvalue weighted by molar-refractivity contribution is 7.98. The average Bonchev–Trinajstić information content (AvgIpc) is 2.91. The van der Waals surface area contributed by atoms with E-state index in [1.54, 1.807) is 0 Å². The number of hydrogen-bond acceptors (Lipinski definition) is 3. The summed E-state index contributed by atoms with van der Waals surface area (Å²) in [5.41, 5.74) is 3.54. The van der Waals surface area contributed by atoms with Gasteiger partial charge in [0.15, 0.2) is 5.16 Å². The standard InChI is InChI=1S/C12H12N4OS/c1-7-8(11(17)16-15-7)6-18-12-13-9-4-2-3-5-10(9)14-12/h2-5H,6H2,1H3,(H,13,14)(H2,15,16,17). The number of aromatic amines is 3. The molecule has 0 amide bonds. The third kappa shape index (κ3) is 1.95. The molecule has 5 nitrogen and oxygen atoms in total. The van der Waals surface area contributed by atoms with Gasteiger partial charge in [-0.2, -0.15) is 0 Å². The minimum Gasteiger partial charge on any atom is -0.333 e. The van der Waals surface area contributed by atoms with Crippen molar-refractivity contribution < 1.29 is 0 Å². The van der Waals surface area contributed by atoms with Crippen LogP contribution < -0.4 is 5.56 Å². The molecule has 2 heterocycles. The molecule has 3 N–H and O–H groups in total. The molecule has 2 aromatic heterocycles. The molecule has 0 radical (unpaired) electrons. The molecule has 0 spiro atoms. The van der Waals surface area contributed by atoms with Crippen LogP contribution in [0.3, 0.4) is 0 Å². The fraction of sp³-hybridized carbons (Fsp3) is 0.167. The second-order valence-electron chi connectivity index (χ2n) is 4.03. The van der Waals surface area contributed by atoms with Crippen molar-refractivity contribution in [2.75, 3.05) is 0 Å². The fourth-order valence-corrected chi connectivity index (χ4v) is 2.76. The van der Waals surface area contributed by atoms with Gasteiger partial charge in [0, 0.05) is 17.0 Å². The number of benzene rings is 1. The summed E-state index contributed by atoms with van der Waals surface area (Å²) >= 11 is 1.53. The Morgan fingerprint density at radius 1 is 1.28 bits per heavy atom. The van der Waals surface area contributed by atoms with E-state index in [-0.39, 0.29) is 5.56 Å². The maximum atomic E-state index is 11.5. The smallest absolute Gasteiger partial charge is 0.268 e. The first-order valence-corrected chi connectivity index (χ1v) is 6.56. The topological polar surface area (TPSA) is 77.3 Å². The molecule has 1 aromatic carbocycles. The molecular weight excluding hydrogens is 248 g/mol. The summed E-state index contributed by atoms with van der Waals surface area (Å²) in [6, 6.07) is 7.87. The van der Waals surface area contributed by atoms with Gasteiger partial charge >= 0.3 is 0 Å². The molecule has 3 rings (SSSR count). The number of nitrogens with zero attached hydrogens (tertiary/aromatic N) is 1. The Labute approximate surface area is 107 Å². The second-order valence-corrected chi connectivity index (χ2v) is 4.99. The maximum Gasteiger partial charge on any atom is 0.268 e. The number of aryl methyl sites for hydroxylation is 1. The highest BCUT2D eigenvalue weighted by Gasteiger charge is 2.08. The van der Waals surface area contributed by atoms with Crippen LogP contribution in [-0.4, -0.2) is 20.2 Å². The van der Waals surface area contributed by atoms with Crippen LogP contribution >= 0.6 is 11.8 Å². The lowest BCUT2D eigenvalue weighted by atomic mass is 10.3. The Kier molecular flexibility index (Phi) is 2.71. The predicted molar refractivity (Wildman–Crippen MR) is 71.8 cm³/mol. The Morgan fingerprint density at radius 3 is 2.83 bits per heavy atom. The molecule has 0 bridgehead atoms. The fourth-order valence-electron chi connectivity index (χ4n) is 1.78. The second kappa shape index (κ2) is 4.38. The van der Waals surface area contributed by atoms with Crippen molar-refractivity contribution in [1.82, 2.24) is 20.2 Å². The molecule has 0 atom stereocenters. The lowest BCUT2D eigenvalue weighted by Gasteiger charge is -1.95. The van der Waals surface area contributed by atoms with Crippen molar-refractivity contribution in [3.63, 3.8) is 0 Å². The zero-order valence-corrected chi connectivity index (χ0v) is 10.6. The van der Waals surface area contributed by atoms with E-state index < -0.39 is 0 Å². The Bertz CT molecular complexity index is 707. The third-order valence-electron chi connectivity index (χ3n) is 2.81. The van der Waals surface area contributed by atoms with Gasteiger partial charge in [-0.05, 0) is 19.1 Å². The summed E-state index contributed by atoms with van der Waals surface area (Å²) in [5, 5.41) is 6.22. The molecule has 0 saturated carbocycles. The molecule has 0 saturated heterocycles. The van der Waals surface area contributed by atoms with Crippen molar-refractivity contribution in [3.05, 3.63) is 45.9 Å². The first kappa shape index (κ1) is 11.2. The van der Waals surface area contributed by atoms with Gasteiger partial charge in [0.1, 0.15) is 0 Å². The van der Waals surface area contributed by atoms with Crippen molar-refractivity contribution >= 4 is 22.8 Å². The Hall–Kier alpha value is -1.95. The number of imidazole rings is 1. The quantitative estimate of drug-likeness (QED) is 0.632. The van der Waals surface area contributed by atoms with E-state index in [9.17, 15) is 4.79 Å². The van der Waals surface area contributed by atoms with Crippen LogP contribution in [0.4, 0.5) is 0 Å². The highest BCUT2D eigenvalue weighted by Crippen LogP contribution is 2.22. The van der Waals surface area contributed by atoms with Gasteiger partial charge in [-0.25, -0.2) is 4.98 Å². The molecule has 92 valence electrons. The minimum atomic E-state index is -0.0592. The van der Waals surface area contributed by atoms with Crippen molar-refractivity contribution in [1.29, 1.82) is 0 Å². The van der Waals surface area contributed by atoms with Gasteiger partial charge in [0.25, 0.3) is 5.56 Å². The number of H-pyrrole nitrogens is 3. The van der Waals surface area contributed by atoms with Crippen molar-refractivity contribution in [2.24, 2.45) is 0 Å². The Balaban J connectivity index is 1.83. The monoisotopic (exact) mass is 260 g/mol. The molecule has 0 aliphatic heterocycles. The third-order valence-corrected chi connectivity index (χ3v) is 3.71. The summed E-state index contributed by atoms with van der Waals surface area (Å²) in [7, 11) is 0. The summed E-state index contributed by atoms with van der Waals surface area (Å²) in [6.07, 6.45) is 0. The lowest BCUT2D eigenvalue weighted by molar-refractivity contribution is 1.02. The zero-order chi connectivity index (χ0) is 12.5. The van der Waals surface area contributed by atoms with Crippen LogP contribution in [0.5, 0.6) is 0 Å². The van der Waals surface area contributed by atoms with Gasteiger partial charge in [-0.3, -0.25) is 9.89 Å². The molecular formula is C12H12N4OS. The van der Waals surface area contributed by atoms with E-state index in [1.165, 1.54) is 11.8 Å². The van der Waals surface area contributed by atoms with Crippen LogP contribution in [0, 0.1) is 6.92 Å². The predicted octanol–water partition coefficient (Wildman–Crippen LogP) is 2.18. The first-order chi connectivity index (χ1) is 8.74. The first-order valence-electron chi connectivity index (χ1n) is 5.58. The largest absolute Gasteiger partial charge is 0.333 e. The molecule has 0 fully saturated rings. The van der Waals surface area contributed by atoms with E-state index in [4.69, 9.17) is 0 Å². The van der Waals surface area contributed by atoms with E-state index in [0.29, 0.717) is 5.75 Å². The summed E-state index contributed by atoms with van der Waals surface area (Å²) < 4.78 is 0. The van der Waals surface area contributed by atoms with Gasteiger partial charge in [0.2, 0.25) is 0 Å². The van der Waals surface area contributed by atoms with Crippen molar-refractivity contribution in [2.45, 2.75) is 17.8 Å².